The SMILES string of the molecule is Cc1ccc(C(C)NCC(=O)Nc2nc(-c3ccc(Cl)cc3Cl)cs2)cc1. The zero-order valence-electron chi connectivity index (χ0n) is 14.9. The second kappa shape index (κ2) is 8.85. The van der Waals surface area contributed by atoms with Gasteiger partial charge in [0.1, 0.15) is 0 Å². The van der Waals surface area contributed by atoms with Crippen molar-refractivity contribution in [1.29, 1.82) is 0 Å². The molecule has 0 spiro atoms. The van der Waals surface area contributed by atoms with Crippen LogP contribution in [0.4, 0.5) is 5.13 Å². The van der Waals surface area contributed by atoms with E-state index in [0.29, 0.717) is 20.9 Å². The van der Waals surface area contributed by atoms with Gasteiger partial charge in [-0.05, 0) is 37.6 Å². The van der Waals surface area contributed by atoms with Crippen LogP contribution in [-0.4, -0.2) is 17.4 Å². The highest BCUT2D eigenvalue weighted by molar-refractivity contribution is 7.14. The fourth-order valence-corrected chi connectivity index (χ4v) is 3.77. The normalized spacial score (nSPS) is 12.0. The van der Waals surface area contributed by atoms with E-state index in [2.05, 4.69) is 46.8 Å². The summed E-state index contributed by atoms with van der Waals surface area (Å²) in [5.74, 6) is -0.142. The number of benzene rings is 2. The van der Waals surface area contributed by atoms with Gasteiger partial charge in [0.15, 0.2) is 5.13 Å². The van der Waals surface area contributed by atoms with Gasteiger partial charge in [-0.25, -0.2) is 4.98 Å². The first-order valence-corrected chi connectivity index (χ1v) is 10.1. The van der Waals surface area contributed by atoms with Crippen molar-refractivity contribution in [3.05, 3.63) is 69.0 Å². The summed E-state index contributed by atoms with van der Waals surface area (Å²) in [6, 6.07) is 13.6. The third-order valence-electron chi connectivity index (χ3n) is 4.10. The van der Waals surface area contributed by atoms with Crippen LogP contribution in [0.5, 0.6) is 0 Å². The van der Waals surface area contributed by atoms with Crippen LogP contribution in [0.2, 0.25) is 10.0 Å². The van der Waals surface area contributed by atoms with Crippen molar-refractivity contribution in [2.75, 3.05) is 11.9 Å². The predicted molar refractivity (Wildman–Crippen MR) is 114 cm³/mol. The molecule has 1 aromatic heterocycles. The molecule has 2 aromatic carbocycles. The number of aromatic nitrogens is 1. The number of amides is 1. The number of rotatable bonds is 6. The molecule has 2 N–H and O–H groups in total. The molecule has 0 radical (unpaired) electrons. The number of thiazole rings is 1. The standard InChI is InChI=1S/C20H19Cl2N3OS/c1-12-3-5-14(6-4-12)13(2)23-10-19(26)25-20-24-18(11-27-20)16-8-7-15(21)9-17(16)22/h3-9,11,13,23H,10H2,1-2H3,(H,24,25,26). The monoisotopic (exact) mass is 419 g/mol. The van der Waals surface area contributed by atoms with Crippen molar-refractivity contribution in [3.8, 4) is 11.3 Å². The molecule has 4 nitrogen and oxygen atoms in total. The van der Waals surface area contributed by atoms with E-state index in [9.17, 15) is 4.79 Å². The lowest BCUT2D eigenvalue weighted by atomic mass is 10.1. The molecule has 7 heteroatoms. The Labute approximate surface area is 172 Å². The van der Waals surface area contributed by atoms with Crippen molar-refractivity contribution < 1.29 is 4.79 Å². The first-order chi connectivity index (χ1) is 12.9. The van der Waals surface area contributed by atoms with Gasteiger partial charge in [0, 0.05) is 22.0 Å². The van der Waals surface area contributed by atoms with E-state index < -0.39 is 0 Å². The Morgan fingerprint density at radius 2 is 1.93 bits per heavy atom. The topological polar surface area (TPSA) is 54.0 Å². The van der Waals surface area contributed by atoms with E-state index in [-0.39, 0.29) is 18.5 Å². The second-order valence-electron chi connectivity index (χ2n) is 6.22. The highest BCUT2D eigenvalue weighted by atomic mass is 35.5. The van der Waals surface area contributed by atoms with Gasteiger partial charge >= 0.3 is 0 Å². The third kappa shape index (κ3) is 5.30. The lowest BCUT2D eigenvalue weighted by Crippen LogP contribution is -2.30. The van der Waals surface area contributed by atoms with E-state index in [0.717, 1.165) is 11.1 Å². The van der Waals surface area contributed by atoms with Gasteiger partial charge in [-0.3, -0.25) is 4.79 Å². The quantitative estimate of drug-likeness (QED) is 0.537. The van der Waals surface area contributed by atoms with Crippen LogP contribution in [-0.2, 0) is 4.79 Å². The molecule has 140 valence electrons. The smallest absolute Gasteiger partial charge is 0.240 e. The highest BCUT2D eigenvalue weighted by Crippen LogP contribution is 2.32. The molecule has 1 heterocycles. The van der Waals surface area contributed by atoms with E-state index in [1.807, 2.05) is 18.4 Å². The first kappa shape index (κ1) is 19.8. The van der Waals surface area contributed by atoms with Gasteiger partial charge in [-0.15, -0.1) is 11.3 Å². The maximum absolute atomic E-state index is 12.2. The van der Waals surface area contributed by atoms with Crippen LogP contribution in [0.15, 0.2) is 47.8 Å². The molecule has 0 aliphatic rings. The average molecular weight is 420 g/mol. The summed E-state index contributed by atoms with van der Waals surface area (Å²) in [4.78, 5) is 16.6. The molecule has 0 aliphatic carbocycles. The second-order valence-corrected chi connectivity index (χ2v) is 7.93. The van der Waals surface area contributed by atoms with E-state index in [1.54, 1.807) is 12.1 Å². The van der Waals surface area contributed by atoms with Crippen LogP contribution in [0, 0.1) is 6.92 Å². The predicted octanol–water partition coefficient (Wildman–Crippen LogP) is 5.71. The summed E-state index contributed by atoms with van der Waals surface area (Å²) in [6.07, 6.45) is 0. The van der Waals surface area contributed by atoms with Gasteiger partial charge in [-0.1, -0.05) is 53.0 Å². The minimum Gasteiger partial charge on any atom is -0.302 e. The van der Waals surface area contributed by atoms with Gasteiger partial charge in [0.2, 0.25) is 5.91 Å². The lowest BCUT2D eigenvalue weighted by molar-refractivity contribution is -0.115. The van der Waals surface area contributed by atoms with Crippen LogP contribution >= 0.6 is 34.5 Å². The Morgan fingerprint density at radius 3 is 2.63 bits per heavy atom. The number of aryl methyl sites for hydroxylation is 1. The minimum atomic E-state index is -0.142. The van der Waals surface area contributed by atoms with Crippen molar-refractivity contribution in [2.45, 2.75) is 19.9 Å². The summed E-state index contributed by atoms with van der Waals surface area (Å²) in [7, 11) is 0. The molecule has 0 saturated carbocycles. The van der Waals surface area contributed by atoms with Gasteiger partial charge in [0.25, 0.3) is 0 Å². The summed E-state index contributed by atoms with van der Waals surface area (Å²) >= 11 is 13.5. The van der Waals surface area contributed by atoms with Crippen LogP contribution in [0.3, 0.4) is 0 Å². The van der Waals surface area contributed by atoms with E-state index >= 15 is 0 Å². The Kier molecular flexibility index (Phi) is 6.50. The highest BCUT2D eigenvalue weighted by Gasteiger charge is 2.12. The zero-order chi connectivity index (χ0) is 19.4. The van der Waals surface area contributed by atoms with Gasteiger partial charge in [0.05, 0.1) is 17.3 Å². The molecule has 1 atom stereocenters. The number of nitrogens with zero attached hydrogens (tertiary/aromatic N) is 1. The maximum Gasteiger partial charge on any atom is 0.240 e. The number of hydrogen-bond donors (Lipinski definition) is 2. The molecule has 0 saturated heterocycles. The van der Waals surface area contributed by atoms with Crippen LogP contribution in [0.1, 0.15) is 24.1 Å². The first-order valence-electron chi connectivity index (χ1n) is 8.43. The van der Waals surface area contributed by atoms with Crippen molar-refractivity contribution in [1.82, 2.24) is 10.3 Å². The number of anilines is 1. The van der Waals surface area contributed by atoms with E-state index in [4.69, 9.17) is 23.2 Å². The number of hydrogen-bond acceptors (Lipinski definition) is 4. The Morgan fingerprint density at radius 1 is 1.19 bits per heavy atom. The van der Waals surface area contributed by atoms with Crippen molar-refractivity contribution >= 4 is 45.6 Å². The summed E-state index contributed by atoms with van der Waals surface area (Å²) in [5.41, 5.74) is 3.84. The Balaban J connectivity index is 1.57. The summed E-state index contributed by atoms with van der Waals surface area (Å²) in [6.45, 7) is 4.28. The molecule has 0 fully saturated rings. The van der Waals surface area contributed by atoms with Gasteiger partial charge < -0.3 is 10.6 Å². The fourth-order valence-electron chi connectivity index (χ4n) is 2.53. The largest absolute Gasteiger partial charge is 0.302 e. The van der Waals surface area contributed by atoms with Crippen molar-refractivity contribution in [3.63, 3.8) is 0 Å². The maximum atomic E-state index is 12.2. The molecule has 27 heavy (non-hydrogen) atoms. The number of carbonyl (C=O) groups excluding carboxylic acids is 1. The van der Waals surface area contributed by atoms with Crippen LogP contribution in [0.25, 0.3) is 11.3 Å². The molecular weight excluding hydrogens is 401 g/mol. The molecule has 1 amide bonds. The van der Waals surface area contributed by atoms with E-state index in [1.165, 1.54) is 16.9 Å². The number of nitrogens with one attached hydrogen (secondary N) is 2. The summed E-state index contributed by atoms with van der Waals surface area (Å²) < 4.78 is 0. The Hall–Kier alpha value is -1.92. The lowest BCUT2D eigenvalue weighted by Gasteiger charge is -2.14. The fraction of sp³-hybridized carbons (Fsp3) is 0.200. The molecule has 1 unspecified atom stereocenters. The minimum absolute atomic E-state index is 0.0797. The molecule has 0 aliphatic heterocycles. The zero-order valence-corrected chi connectivity index (χ0v) is 17.3. The molecule has 3 rings (SSSR count). The average Bonchev–Trinajstić information content (AvgIpc) is 3.08. The molecular formula is C20H19Cl2N3OS. The van der Waals surface area contributed by atoms with Crippen LogP contribution < -0.4 is 10.6 Å². The molecule has 0 bridgehead atoms. The van der Waals surface area contributed by atoms with Gasteiger partial charge in [-0.2, -0.15) is 0 Å². The molecule has 3 aromatic rings. The number of carbonyl (C=O) groups is 1. The Bertz CT molecular complexity index is 941. The van der Waals surface area contributed by atoms with Crippen molar-refractivity contribution in [2.24, 2.45) is 0 Å². The third-order valence-corrected chi connectivity index (χ3v) is 5.41. The number of halogens is 2. The summed E-state index contributed by atoms with van der Waals surface area (Å²) in [5, 5.41) is 9.52.